The van der Waals surface area contributed by atoms with E-state index in [1.54, 1.807) is 12.1 Å². The van der Waals surface area contributed by atoms with Crippen molar-refractivity contribution in [3.8, 4) is 0 Å². The van der Waals surface area contributed by atoms with Crippen molar-refractivity contribution in [3.05, 3.63) is 35.4 Å². The maximum atomic E-state index is 12.5. The van der Waals surface area contributed by atoms with Crippen LogP contribution in [0, 0.1) is 5.92 Å². The number of halogens is 3. The third-order valence-electron chi connectivity index (χ3n) is 3.68. The van der Waals surface area contributed by atoms with Gasteiger partial charge in [0.15, 0.2) is 0 Å². The maximum absolute atomic E-state index is 12.5. The van der Waals surface area contributed by atoms with Crippen LogP contribution in [0.25, 0.3) is 0 Å². The molecule has 1 saturated heterocycles. The third kappa shape index (κ3) is 3.93. The predicted octanol–water partition coefficient (Wildman–Crippen LogP) is 3.20. The number of benzene rings is 1. The Hall–Kier alpha value is -1.14. The average molecular weight is 302 g/mol. The van der Waals surface area contributed by atoms with Crippen LogP contribution in [0.4, 0.5) is 13.2 Å². The van der Waals surface area contributed by atoms with Gasteiger partial charge in [-0.25, -0.2) is 0 Å². The second-order valence-corrected chi connectivity index (χ2v) is 5.62. The molecule has 1 heterocycles. The molecule has 0 radical (unpaired) electrons. The molecule has 0 bridgehead atoms. The second-order valence-electron chi connectivity index (χ2n) is 5.15. The molecule has 110 valence electrons. The van der Waals surface area contributed by atoms with Gasteiger partial charge in [0.1, 0.15) is 0 Å². The van der Waals surface area contributed by atoms with Crippen molar-refractivity contribution in [2.24, 2.45) is 11.7 Å². The lowest BCUT2D eigenvalue weighted by Crippen LogP contribution is -2.37. The summed E-state index contributed by atoms with van der Waals surface area (Å²) < 4.78 is 37.4. The normalized spacial score (nSPS) is 18.1. The third-order valence-corrected chi connectivity index (χ3v) is 4.01. The van der Waals surface area contributed by atoms with Crippen molar-refractivity contribution in [1.82, 2.24) is 4.90 Å². The molecule has 0 aliphatic carbocycles. The fourth-order valence-corrected chi connectivity index (χ4v) is 2.67. The van der Waals surface area contributed by atoms with Crippen LogP contribution in [0.5, 0.6) is 0 Å². The monoisotopic (exact) mass is 302 g/mol. The van der Waals surface area contributed by atoms with E-state index >= 15 is 0 Å². The highest BCUT2D eigenvalue weighted by molar-refractivity contribution is 7.80. The zero-order valence-corrected chi connectivity index (χ0v) is 11.8. The number of nitrogens with zero attached hydrogens (tertiary/aromatic N) is 1. The van der Waals surface area contributed by atoms with Gasteiger partial charge in [0, 0.05) is 12.5 Å². The van der Waals surface area contributed by atoms with Gasteiger partial charge in [-0.15, -0.1) is 0 Å². The number of piperidine rings is 1. The number of rotatable bonds is 3. The van der Waals surface area contributed by atoms with Crippen LogP contribution >= 0.6 is 12.2 Å². The van der Waals surface area contributed by atoms with E-state index in [4.69, 9.17) is 18.0 Å². The zero-order valence-electron chi connectivity index (χ0n) is 11.0. The summed E-state index contributed by atoms with van der Waals surface area (Å²) in [6.45, 7) is 2.42. The Morgan fingerprint density at radius 2 is 1.75 bits per heavy atom. The quantitative estimate of drug-likeness (QED) is 0.869. The van der Waals surface area contributed by atoms with Crippen LogP contribution in [0.3, 0.4) is 0 Å². The van der Waals surface area contributed by atoms with E-state index < -0.39 is 11.7 Å². The molecule has 0 spiro atoms. The van der Waals surface area contributed by atoms with E-state index in [0.29, 0.717) is 17.5 Å². The molecular weight excluding hydrogens is 285 g/mol. The largest absolute Gasteiger partial charge is 0.416 e. The molecule has 20 heavy (non-hydrogen) atoms. The zero-order chi connectivity index (χ0) is 14.8. The highest BCUT2D eigenvalue weighted by Crippen LogP contribution is 2.29. The van der Waals surface area contributed by atoms with Crippen LogP contribution in [0.15, 0.2) is 24.3 Å². The fraction of sp³-hybridized carbons (Fsp3) is 0.500. The van der Waals surface area contributed by atoms with E-state index in [1.807, 2.05) is 0 Å². The molecule has 1 fully saturated rings. The molecule has 0 atom stereocenters. The topological polar surface area (TPSA) is 29.3 Å². The van der Waals surface area contributed by atoms with Crippen molar-refractivity contribution in [2.75, 3.05) is 13.1 Å². The van der Waals surface area contributed by atoms with Crippen LogP contribution < -0.4 is 5.73 Å². The average Bonchev–Trinajstić information content (AvgIpc) is 2.39. The van der Waals surface area contributed by atoms with Crippen molar-refractivity contribution in [2.45, 2.75) is 25.6 Å². The molecule has 0 aromatic heterocycles. The van der Waals surface area contributed by atoms with Gasteiger partial charge in [0.25, 0.3) is 0 Å². The molecule has 1 aromatic carbocycles. The first-order valence-electron chi connectivity index (χ1n) is 6.54. The van der Waals surface area contributed by atoms with Gasteiger partial charge >= 0.3 is 6.18 Å². The summed E-state index contributed by atoms with van der Waals surface area (Å²) in [4.78, 5) is 2.79. The van der Waals surface area contributed by atoms with Gasteiger partial charge in [-0.05, 0) is 43.6 Å². The van der Waals surface area contributed by atoms with E-state index in [2.05, 4.69) is 4.90 Å². The van der Waals surface area contributed by atoms with Gasteiger partial charge in [-0.3, -0.25) is 4.90 Å². The Kier molecular flexibility index (Phi) is 4.65. The molecule has 1 aliphatic rings. The minimum absolute atomic E-state index is 0.300. The highest BCUT2D eigenvalue weighted by Gasteiger charge is 2.30. The molecule has 2 rings (SSSR count). The van der Waals surface area contributed by atoms with Crippen LogP contribution in [0.1, 0.15) is 24.0 Å². The molecule has 0 unspecified atom stereocenters. The molecule has 2 N–H and O–H groups in total. The first-order chi connectivity index (χ1) is 9.36. The number of nitrogens with two attached hydrogens (primary N) is 1. The number of hydrogen-bond donors (Lipinski definition) is 1. The summed E-state index contributed by atoms with van der Waals surface area (Å²) in [6, 6.07) is 5.36. The van der Waals surface area contributed by atoms with Gasteiger partial charge in [-0.2, -0.15) is 13.2 Å². The number of alkyl halides is 3. The van der Waals surface area contributed by atoms with E-state index in [9.17, 15) is 13.2 Å². The van der Waals surface area contributed by atoms with Crippen molar-refractivity contribution in [3.63, 3.8) is 0 Å². The van der Waals surface area contributed by atoms with Crippen LogP contribution in [-0.4, -0.2) is 23.0 Å². The summed E-state index contributed by atoms with van der Waals surface area (Å²) in [5, 5.41) is 0. The van der Waals surface area contributed by atoms with E-state index in [1.165, 1.54) is 0 Å². The molecule has 2 nitrogen and oxygen atoms in total. The Labute approximate surface area is 121 Å². The Morgan fingerprint density at radius 3 is 2.20 bits per heavy atom. The second kappa shape index (κ2) is 6.10. The molecule has 6 heteroatoms. The highest BCUT2D eigenvalue weighted by atomic mass is 32.1. The van der Waals surface area contributed by atoms with Gasteiger partial charge < -0.3 is 5.73 Å². The summed E-state index contributed by atoms with van der Waals surface area (Å²) in [7, 11) is 0. The lowest BCUT2D eigenvalue weighted by atomic mass is 9.96. The van der Waals surface area contributed by atoms with Crippen molar-refractivity contribution < 1.29 is 13.2 Å². The molecule has 0 amide bonds. The minimum atomic E-state index is -4.27. The number of hydrogen-bond acceptors (Lipinski definition) is 2. The summed E-state index contributed by atoms with van der Waals surface area (Å²) in [5.41, 5.74) is 5.92. The van der Waals surface area contributed by atoms with Crippen molar-refractivity contribution in [1.29, 1.82) is 0 Å². The molecule has 1 aliphatic heterocycles. The van der Waals surface area contributed by atoms with E-state index in [0.717, 1.165) is 43.6 Å². The van der Waals surface area contributed by atoms with Crippen molar-refractivity contribution >= 4 is 17.2 Å². The van der Waals surface area contributed by atoms with Gasteiger partial charge in [0.2, 0.25) is 0 Å². The first kappa shape index (κ1) is 15.3. The Balaban J connectivity index is 1.90. The predicted molar refractivity (Wildman–Crippen MR) is 76.2 cm³/mol. The fourth-order valence-electron chi connectivity index (χ4n) is 2.43. The van der Waals surface area contributed by atoms with Crippen LogP contribution in [0.2, 0.25) is 0 Å². The smallest absolute Gasteiger partial charge is 0.393 e. The minimum Gasteiger partial charge on any atom is -0.393 e. The number of likely N-dealkylation sites (tertiary alicyclic amines) is 1. The first-order valence-corrected chi connectivity index (χ1v) is 6.95. The van der Waals surface area contributed by atoms with Gasteiger partial charge in [-0.1, -0.05) is 24.4 Å². The summed E-state index contributed by atoms with van der Waals surface area (Å²) >= 11 is 4.99. The maximum Gasteiger partial charge on any atom is 0.416 e. The molecule has 0 saturated carbocycles. The molecular formula is C14H17F3N2S. The lowest BCUT2D eigenvalue weighted by molar-refractivity contribution is -0.137. The summed E-state index contributed by atoms with van der Waals surface area (Å²) in [6.07, 6.45) is -2.42. The number of thiocarbonyl (C=S) groups is 1. The van der Waals surface area contributed by atoms with Gasteiger partial charge in [0.05, 0.1) is 10.6 Å². The van der Waals surface area contributed by atoms with E-state index in [-0.39, 0.29) is 0 Å². The lowest BCUT2D eigenvalue weighted by Gasteiger charge is -2.31. The molecule has 1 aromatic rings. The standard InChI is InChI=1S/C14H17F3N2S/c15-14(16,17)12-3-1-10(2-4-12)9-19-7-5-11(6-8-19)13(18)20/h1-4,11H,5-9H2,(H2,18,20). The summed E-state index contributed by atoms with van der Waals surface area (Å²) in [5.74, 6) is 0.300. The Bertz CT molecular complexity index is 462. The van der Waals surface area contributed by atoms with Crippen LogP contribution in [-0.2, 0) is 12.7 Å². The SMILES string of the molecule is NC(=S)C1CCN(Cc2ccc(C(F)(F)F)cc2)CC1. The Morgan fingerprint density at radius 1 is 1.20 bits per heavy atom.